The fraction of sp³-hybridized carbons (Fsp3) is 0.782. The van der Waals surface area contributed by atoms with Crippen molar-refractivity contribution in [3.05, 3.63) is 60.8 Å². The Morgan fingerprint density at radius 2 is 0.717 bits per heavy atom. The first-order chi connectivity index (χ1) is 29.6. The molecule has 0 aliphatic heterocycles. The summed E-state index contributed by atoms with van der Waals surface area (Å²) in [5.74, 6) is -0.604. The highest BCUT2D eigenvalue weighted by atomic mass is 16.6. The molecular weight excluding hydrogens is 741 g/mol. The van der Waals surface area contributed by atoms with Crippen molar-refractivity contribution >= 4 is 11.9 Å². The van der Waals surface area contributed by atoms with E-state index in [1.807, 2.05) is 0 Å². The first-order valence-electron chi connectivity index (χ1n) is 25.8. The summed E-state index contributed by atoms with van der Waals surface area (Å²) < 4.78 is 10.7. The third-order valence-electron chi connectivity index (χ3n) is 11.3. The van der Waals surface area contributed by atoms with Crippen LogP contribution in [0.4, 0.5) is 0 Å². The molecule has 0 aliphatic carbocycles. The summed E-state index contributed by atoms with van der Waals surface area (Å²) in [4.78, 5) is 24.4. The summed E-state index contributed by atoms with van der Waals surface area (Å²) in [5, 5.41) is 9.60. The fourth-order valence-electron chi connectivity index (χ4n) is 7.42. The molecule has 5 heteroatoms. The van der Waals surface area contributed by atoms with Crippen LogP contribution in [0.2, 0.25) is 0 Å². The minimum atomic E-state index is -0.781. The summed E-state index contributed by atoms with van der Waals surface area (Å²) in [6.07, 6.45) is 67.6. The second-order valence-electron chi connectivity index (χ2n) is 17.2. The average Bonchev–Trinajstić information content (AvgIpc) is 3.25. The van der Waals surface area contributed by atoms with Crippen molar-refractivity contribution in [1.82, 2.24) is 0 Å². The van der Waals surface area contributed by atoms with Crippen LogP contribution in [-0.4, -0.2) is 36.4 Å². The Morgan fingerprint density at radius 3 is 1.08 bits per heavy atom. The maximum Gasteiger partial charge on any atom is 0.306 e. The first-order valence-corrected chi connectivity index (χ1v) is 25.8. The molecule has 0 aliphatic rings. The molecule has 0 heterocycles. The highest BCUT2D eigenvalue weighted by Gasteiger charge is 2.16. The van der Waals surface area contributed by atoms with E-state index >= 15 is 0 Å². The Morgan fingerprint density at radius 1 is 0.400 bits per heavy atom. The normalized spacial score (nSPS) is 12.7. The molecule has 1 atom stereocenters. The van der Waals surface area contributed by atoms with Gasteiger partial charge in [0.1, 0.15) is 6.61 Å². The fourth-order valence-corrected chi connectivity index (χ4v) is 7.42. The molecule has 60 heavy (non-hydrogen) atoms. The predicted molar refractivity (Wildman–Crippen MR) is 260 cm³/mol. The molecular formula is C55H98O5. The topological polar surface area (TPSA) is 72.8 Å². The van der Waals surface area contributed by atoms with E-state index in [9.17, 15) is 14.7 Å². The molecule has 0 radical (unpaired) electrons. The van der Waals surface area contributed by atoms with Crippen LogP contribution in [0, 0.1) is 0 Å². The highest BCUT2D eigenvalue weighted by molar-refractivity contribution is 5.70. The minimum absolute atomic E-state index is 0.0723. The number of aliphatic hydroxyl groups excluding tert-OH is 1. The molecule has 0 amide bonds. The van der Waals surface area contributed by atoms with Crippen molar-refractivity contribution in [2.24, 2.45) is 0 Å². The summed E-state index contributed by atoms with van der Waals surface area (Å²) in [6.45, 7) is 4.02. The number of rotatable bonds is 47. The monoisotopic (exact) mass is 839 g/mol. The molecule has 0 bridgehead atoms. The second kappa shape index (κ2) is 51.0. The van der Waals surface area contributed by atoms with Crippen LogP contribution < -0.4 is 0 Å². The van der Waals surface area contributed by atoms with Gasteiger partial charge in [0.15, 0.2) is 6.10 Å². The number of carbonyl (C=O) groups excluding carboxylic acids is 2. The Balaban J connectivity index is 3.45. The highest BCUT2D eigenvalue weighted by Crippen LogP contribution is 2.16. The van der Waals surface area contributed by atoms with E-state index in [1.165, 1.54) is 154 Å². The van der Waals surface area contributed by atoms with Gasteiger partial charge in [-0.05, 0) is 77.0 Å². The lowest BCUT2D eigenvalue weighted by atomic mass is 10.0. The molecule has 1 unspecified atom stereocenters. The van der Waals surface area contributed by atoms with E-state index in [0.29, 0.717) is 12.8 Å². The quantitative estimate of drug-likeness (QED) is 0.0375. The van der Waals surface area contributed by atoms with Gasteiger partial charge in [-0.25, -0.2) is 0 Å². The zero-order chi connectivity index (χ0) is 43.5. The van der Waals surface area contributed by atoms with E-state index in [0.717, 1.165) is 77.0 Å². The molecule has 0 rings (SSSR count). The molecule has 0 spiro atoms. The first kappa shape index (κ1) is 57.6. The van der Waals surface area contributed by atoms with Crippen LogP contribution in [-0.2, 0) is 19.1 Å². The Bertz CT molecular complexity index is 1040. The molecule has 5 nitrogen and oxygen atoms in total. The summed E-state index contributed by atoms with van der Waals surface area (Å²) in [6, 6.07) is 0. The van der Waals surface area contributed by atoms with Gasteiger partial charge in [-0.1, -0.05) is 229 Å². The van der Waals surface area contributed by atoms with Crippen LogP contribution in [0.1, 0.15) is 258 Å². The average molecular weight is 839 g/mol. The third-order valence-corrected chi connectivity index (χ3v) is 11.3. The zero-order valence-electron chi connectivity index (χ0n) is 39.7. The standard InChI is InChI=1S/C55H98O5/c1-3-5-7-9-11-13-15-17-19-20-21-22-23-24-25-26-27-28-29-30-31-32-33-34-36-37-39-41-43-45-47-49-54(57)59-52-53(51-56)60-55(58)50-48-46-44-42-40-38-35-18-16-14-12-10-8-6-4-2/h6,8,12,14-15,17-18,20-21,35,53,56H,3-5,7,9-11,13,16,19,22-34,36-52H2,1-2H3/b8-6-,14-12-,17-15-,21-20-,35-18-. The maximum atomic E-state index is 12.2. The molecule has 0 aromatic rings. The van der Waals surface area contributed by atoms with Crippen molar-refractivity contribution in [2.45, 2.75) is 264 Å². The van der Waals surface area contributed by atoms with Gasteiger partial charge in [0, 0.05) is 12.8 Å². The smallest absolute Gasteiger partial charge is 0.306 e. The van der Waals surface area contributed by atoms with Gasteiger partial charge in [0.25, 0.3) is 0 Å². The van der Waals surface area contributed by atoms with E-state index in [1.54, 1.807) is 0 Å². The van der Waals surface area contributed by atoms with Crippen molar-refractivity contribution in [1.29, 1.82) is 0 Å². The summed E-state index contributed by atoms with van der Waals surface area (Å²) in [5.41, 5.74) is 0. The number of hydrogen-bond donors (Lipinski definition) is 1. The molecule has 0 saturated carbocycles. The second-order valence-corrected chi connectivity index (χ2v) is 17.2. The largest absolute Gasteiger partial charge is 0.462 e. The Kier molecular flexibility index (Phi) is 48.9. The number of carbonyl (C=O) groups is 2. The van der Waals surface area contributed by atoms with Gasteiger partial charge in [-0.15, -0.1) is 0 Å². The summed E-state index contributed by atoms with van der Waals surface area (Å²) >= 11 is 0. The van der Waals surface area contributed by atoms with E-state index in [-0.39, 0.29) is 25.2 Å². The van der Waals surface area contributed by atoms with Crippen LogP contribution in [0.3, 0.4) is 0 Å². The molecule has 348 valence electrons. The molecule has 0 saturated heterocycles. The number of hydrogen-bond acceptors (Lipinski definition) is 5. The van der Waals surface area contributed by atoms with Crippen molar-refractivity contribution in [3.8, 4) is 0 Å². The van der Waals surface area contributed by atoms with Crippen molar-refractivity contribution in [2.75, 3.05) is 13.2 Å². The van der Waals surface area contributed by atoms with Gasteiger partial charge in [-0.3, -0.25) is 9.59 Å². The predicted octanol–water partition coefficient (Wildman–Crippen LogP) is 17.1. The van der Waals surface area contributed by atoms with E-state index in [4.69, 9.17) is 9.47 Å². The Hall–Kier alpha value is -2.40. The number of unbranched alkanes of at least 4 members (excludes halogenated alkanes) is 29. The van der Waals surface area contributed by atoms with Gasteiger partial charge < -0.3 is 14.6 Å². The van der Waals surface area contributed by atoms with Gasteiger partial charge in [0.05, 0.1) is 6.61 Å². The van der Waals surface area contributed by atoms with Crippen molar-refractivity contribution < 1.29 is 24.2 Å². The van der Waals surface area contributed by atoms with Gasteiger partial charge >= 0.3 is 11.9 Å². The lowest BCUT2D eigenvalue weighted by Gasteiger charge is -2.15. The molecule has 0 fully saturated rings. The lowest BCUT2D eigenvalue weighted by molar-refractivity contribution is -0.161. The van der Waals surface area contributed by atoms with E-state index in [2.05, 4.69) is 74.6 Å². The van der Waals surface area contributed by atoms with E-state index < -0.39 is 6.10 Å². The van der Waals surface area contributed by atoms with Gasteiger partial charge in [-0.2, -0.15) is 0 Å². The number of ether oxygens (including phenoxy) is 2. The number of aliphatic hydroxyl groups is 1. The maximum absolute atomic E-state index is 12.2. The Labute approximate surface area is 372 Å². The zero-order valence-corrected chi connectivity index (χ0v) is 39.7. The third kappa shape index (κ3) is 48.3. The SMILES string of the molecule is CC/C=C\C/C=C\C/C=C\CCCCCCCC(=O)OC(CO)COC(=O)CCCCCCCCCCCCCCCCCCCCC/C=C\C/C=C\CCCCCCC. The molecule has 0 aromatic heterocycles. The van der Waals surface area contributed by atoms with Crippen LogP contribution >= 0.6 is 0 Å². The lowest BCUT2D eigenvalue weighted by Crippen LogP contribution is -2.28. The van der Waals surface area contributed by atoms with Crippen LogP contribution in [0.5, 0.6) is 0 Å². The van der Waals surface area contributed by atoms with Gasteiger partial charge in [0.2, 0.25) is 0 Å². The molecule has 0 aromatic carbocycles. The van der Waals surface area contributed by atoms with Crippen LogP contribution in [0.15, 0.2) is 60.8 Å². The number of allylic oxidation sites excluding steroid dienone is 10. The van der Waals surface area contributed by atoms with Crippen LogP contribution in [0.25, 0.3) is 0 Å². The molecule has 1 N–H and O–H groups in total. The summed E-state index contributed by atoms with van der Waals surface area (Å²) in [7, 11) is 0. The van der Waals surface area contributed by atoms with Crippen molar-refractivity contribution in [3.63, 3.8) is 0 Å². The minimum Gasteiger partial charge on any atom is -0.462 e. The number of esters is 2.